The lowest BCUT2D eigenvalue weighted by Gasteiger charge is -2.11. The van der Waals surface area contributed by atoms with Gasteiger partial charge in [-0.05, 0) is 30.5 Å². The molecule has 1 aromatic carbocycles. The van der Waals surface area contributed by atoms with E-state index in [-0.39, 0.29) is 12.0 Å². The topological polar surface area (TPSA) is 52.3 Å². The van der Waals surface area contributed by atoms with E-state index in [1.807, 2.05) is 0 Å². The highest BCUT2D eigenvalue weighted by atomic mass is 19.2. The van der Waals surface area contributed by atoms with Crippen LogP contribution in [0.1, 0.15) is 37.3 Å². The average molecular weight is 257 g/mol. The fourth-order valence-corrected chi connectivity index (χ4v) is 1.65. The normalized spacial score (nSPS) is 12.2. The van der Waals surface area contributed by atoms with Crippen LogP contribution in [0.3, 0.4) is 0 Å². The third-order valence-electron chi connectivity index (χ3n) is 2.75. The van der Waals surface area contributed by atoms with E-state index in [9.17, 15) is 13.6 Å². The van der Waals surface area contributed by atoms with Crippen molar-refractivity contribution in [2.45, 2.75) is 31.7 Å². The summed E-state index contributed by atoms with van der Waals surface area (Å²) < 4.78 is 30.2. The van der Waals surface area contributed by atoms with Crippen LogP contribution in [-0.2, 0) is 9.53 Å². The second-order valence-corrected chi connectivity index (χ2v) is 4.10. The van der Waals surface area contributed by atoms with E-state index in [2.05, 4.69) is 4.74 Å². The number of hydrogen-bond acceptors (Lipinski definition) is 3. The standard InChI is InChI=1S/C13H17F2NO2/c1-18-13(17)5-3-2-4-12(16)9-6-7-10(14)11(15)8-9/h6-8,12H,2-5,16H2,1H3. The summed E-state index contributed by atoms with van der Waals surface area (Å²) >= 11 is 0. The van der Waals surface area contributed by atoms with Gasteiger partial charge in [-0.3, -0.25) is 4.79 Å². The van der Waals surface area contributed by atoms with E-state index in [0.29, 0.717) is 24.8 Å². The minimum absolute atomic E-state index is 0.253. The Bertz CT molecular complexity index is 410. The van der Waals surface area contributed by atoms with E-state index < -0.39 is 11.6 Å². The first-order chi connectivity index (χ1) is 8.54. The van der Waals surface area contributed by atoms with Gasteiger partial charge in [0.1, 0.15) is 0 Å². The van der Waals surface area contributed by atoms with Gasteiger partial charge in [0.2, 0.25) is 0 Å². The van der Waals surface area contributed by atoms with Gasteiger partial charge in [-0.2, -0.15) is 0 Å². The molecule has 0 spiro atoms. The van der Waals surface area contributed by atoms with Crippen LogP contribution in [0, 0.1) is 11.6 Å². The lowest BCUT2D eigenvalue weighted by molar-refractivity contribution is -0.140. The Balaban J connectivity index is 2.38. The van der Waals surface area contributed by atoms with Crippen LogP contribution in [-0.4, -0.2) is 13.1 Å². The number of rotatable bonds is 6. The number of benzene rings is 1. The van der Waals surface area contributed by atoms with Crippen molar-refractivity contribution in [1.82, 2.24) is 0 Å². The van der Waals surface area contributed by atoms with Crippen molar-refractivity contribution in [3.8, 4) is 0 Å². The van der Waals surface area contributed by atoms with Gasteiger partial charge in [-0.1, -0.05) is 12.5 Å². The van der Waals surface area contributed by atoms with Gasteiger partial charge in [0, 0.05) is 12.5 Å². The maximum atomic E-state index is 13.0. The molecule has 0 amide bonds. The fraction of sp³-hybridized carbons (Fsp3) is 0.462. The molecular formula is C13H17F2NO2. The minimum Gasteiger partial charge on any atom is -0.469 e. The van der Waals surface area contributed by atoms with Gasteiger partial charge in [0.15, 0.2) is 11.6 Å². The maximum absolute atomic E-state index is 13.0. The van der Waals surface area contributed by atoms with Crippen molar-refractivity contribution in [1.29, 1.82) is 0 Å². The molecule has 0 aliphatic carbocycles. The molecule has 0 aliphatic rings. The van der Waals surface area contributed by atoms with Crippen molar-refractivity contribution in [3.05, 3.63) is 35.4 Å². The molecule has 1 rings (SSSR count). The Kier molecular flexibility index (Phi) is 5.71. The molecule has 100 valence electrons. The summed E-state index contributed by atoms with van der Waals surface area (Å²) in [5, 5.41) is 0. The van der Waals surface area contributed by atoms with Crippen molar-refractivity contribution in [2.75, 3.05) is 7.11 Å². The zero-order valence-electron chi connectivity index (χ0n) is 10.3. The summed E-state index contributed by atoms with van der Waals surface area (Å²) in [6, 6.07) is 3.31. The van der Waals surface area contributed by atoms with Gasteiger partial charge >= 0.3 is 5.97 Å². The summed E-state index contributed by atoms with van der Waals surface area (Å²) in [5.41, 5.74) is 6.42. The number of carbonyl (C=O) groups is 1. The van der Waals surface area contributed by atoms with Crippen LogP contribution in [0.25, 0.3) is 0 Å². The molecule has 0 saturated carbocycles. The number of unbranched alkanes of at least 4 members (excludes halogenated alkanes) is 1. The Morgan fingerprint density at radius 2 is 2.06 bits per heavy atom. The Hall–Kier alpha value is -1.49. The first-order valence-corrected chi connectivity index (χ1v) is 5.82. The average Bonchev–Trinajstić information content (AvgIpc) is 2.37. The summed E-state index contributed by atoms with van der Waals surface area (Å²) in [5.74, 6) is -2.02. The molecule has 5 heteroatoms. The van der Waals surface area contributed by atoms with Gasteiger partial charge in [0.05, 0.1) is 7.11 Å². The van der Waals surface area contributed by atoms with Crippen molar-refractivity contribution in [2.24, 2.45) is 5.73 Å². The van der Waals surface area contributed by atoms with Crippen molar-refractivity contribution < 1.29 is 18.3 Å². The van der Waals surface area contributed by atoms with E-state index in [1.165, 1.54) is 13.2 Å². The highest BCUT2D eigenvalue weighted by Gasteiger charge is 2.10. The summed E-state index contributed by atoms with van der Waals surface area (Å²) in [7, 11) is 1.34. The molecule has 1 aromatic rings. The van der Waals surface area contributed by atoms with Gasteiger partial charge in [-0.15, -0.1) is 0 Å². The minimum atomic E-state index is -0.891. The monoisotopic (exact) mass is 257 g/mol. The summed E-state index contributed by atoms with van der Waals surface area (Å²) in [4.78, 5) is 10.9. The molecule has 0 radical (unpaired) electrons. The Morgan fingerprint density at radius 3 is 2.67 bits per heavy atom. The predicted octanol–water partition coefficient (Wildman–Crippen LogP) is 2.70. The molecule has 0 saturated heterocycles. The first-order valence-electron chi connectivity index (χ1n) is 5.82. The third kappa shape index (κ3) is 4.41. The molecule has 1 unspecified atom stereocenters. The first kappa shape index (κ1) is 14.6. The van der Waals surface area contributed by atoms with E-state index >= 15 is 0 Å². The molecular weight excluding hydrogens is 240 g/mol. The quantitative estimate of drug-likeness (QED) is 0.629. The maximum Gasteiger partial charge on any atom is 0.305 e. The second kappa shape index (κ2) is 7.06. The van der Waals surface area contributed by atoms with E-state index in [0.717, 1.165) is 18.6 Å². The molecule has 2 N–H and O–H groups in total. The molecule has 18 heavy (non-hydrogen) atoms. The SMILES string of the molecule is COC(=O)CCCCC(N)c1ccc(F)c(F)c1. The van der Waals surface area contributed by atoms with Crippen molar-refractivity contribution in [3.63, 3.8) is 0 Å². The molecule has 0 heterocycles. The summed E-state index contributed by atoms with van der Waals surface area (Å²) in [6.07, 6.45) is 2.36. The molecule has 0 aliphatic heterocycles. The third-order valence-corrected chi connectivity index (χ3v) is 2.75. The molecule has 0 fully saturated rings. The lowest BCUT2D eigenvalue weighted by Crippen LogP contribution is -2.11. The number of halogens is 2. The lowest BCUT2D eigenvalue weighted by atomic mass is 10.0. The van der Waals surface area contributed by atoms with Crippen LogP contribution >= 0.6 is 0 Å². The largest absolute Gasteiger partial charge is 0.469 e. The van der Waals surface area contributed by atoms with Crippen molar-refractivity contribution >= 4 is 5.97 Å². The molecule has 0 aromatic heterocycles. The van der Waals surface area contributed by atoms with Crippen LogP contribution in [0.4, 0.5) is 8.78 Å². The number of methoxy groups -OCH3 is 1. The zero-order chi connectivity index (χ0) is 13.5. The number of carbonyl (C=O) groups excluding carboxylic acids is 1. The fourth-order valence-electron chi connectivity index (χ4n) is 1.65. The van der Waals surface area contributed by atoms with Crippen LogP contribution in [0.5, 0.6) is 0 Å². The smallest absolute Gasteiger partial charge is 0.305 e. The zero-order valence-corrected chi connectivity index (χ0v) is 10.3. The highest BCUT2D eigenvalue weighted by Crippen LogP contribution is 2.19. The Labute approximate surface area is 105 Å². The number of nitrogens with two attached hydrogens (primary N) is 1. The van der Waals surface area contributed by atoms with Gasteiger partial charge in [0.25, 0.3) is 0 Å². The Morgan fingerprint density at radius 1 is 1.33 bits per heavy atom. The van der Waals surface area contributed by atoms with Gasteiger partial charge < -0.3 is 10.5 Å². The molecule has 1 atom stereocenters. The second-order valence-electron chi connectivity index (χ2n) is 4.10. The molecule has 3 nitrogen and oxygen atoms in total. The van der Waals surface area contributed by atoms with E-state index in [1.54, 1.807) is 0 Å². The number of esters is 1. The van der Waals surface area contributed by atoms with Gasteiger partial charge in [-0.25, -0.2) is 8.78 Å². The highest BCUT2D eigenvalue weighted by molar-refractivity contribution is 5.68. The van der Waals surface area contributed by atoms with Crippen LogP contribution < -0.4 is 5.73 Å². The number of hydrogen-bond donors (Lipinski definition) is 1. The van der Waals surface area contributed by atoms with E-state index in [4.69, 9.17) is 5.73 Å². The summed E-state index contributed by atoms with van der Waals surface area (Å²) in [6.45, 7) is 0. The van der Waals surface area contributed by atoms with Crippen LogP contribution in [0.15, 0.2) is 18.2 Å². The van der Waals surface area contributed by atoms with Crippen LogP contribution in [0.2, 0.25) is 0 Å². The predicted molar refractivity (Wildman–Crippen MR) is 63.8 cm³/mol. The number of ether oxygens (including phenoxy) is 1. The molecule has 0 bridgehead atoms.